The number of nitrogens with one attached hydrogen (secondary N) is 1. The molecule has 1 aromatic rings. The van der Waals surface area contributed by atoms with Crippen LogP contribution in [0.15, 0.2) is 16.9 Å². The van der Waals surface area contributed by atoms with Crippen molar-refractivity contribution in [3.05, 3.63) is 34.0 Å². The lowest BCUT2D eigenvalue weighted by Crippen LogP contribution is -2.14. The van der Waals surface area contributed by atoms with Crippen LogP contribution in [0.1, 0.15) is 44.6 Å². The molecule has 0 radical (unpaired) electrons. The van der Waals surface area contributed by atoms with Crippen LogP contribution < -0.4 is 5.56 Å². The van der Waals surface area contributed by atoms with Crippen molar-refractivity contribution in [3.8, 4) is 0 Å². The highest BCUT2D eigenvalue weighted by Gasteiger charge is 2.13. The minimum absolute atomic E-state index is 0.103. The fourth-order valence-electron chi connectivity index (χ4n) is 2.14. The highest BCUT2D eigenvalue weighted by atomic mass is 16.5. The summed E-state index contributed by atoms with van der Waals surface area (Å²) in [7, 11) is 0. The molecule has 98 valence electrons. The third-order valence-corrected chi connectivity index (χ3v) is 3.24. The van der Waals surface area contributed by atoms with E-state index in [1.165, 1.54) is 12.0 Å². The van der Waals surface area contributed by atoms with Crippen molar-refractivity contribution < 1.29 is 4.74 Å². The van der Waals surface area contributed by atoms with Crippen molar-refractivity contribution in [3.63, 3.8) is 0 Å². The van der Waals surface area contributed by atoms with E-state index in [9.17, 15) is 4.79 Å². The third-order valence-electron chi connectivity index (χ3n) is 3.24. The highest BCUT2D eigenvalue weighted by Crippen LogP contribution is 2.28. The van der Waals surface area contributed by atoms with Gasteiger partial charge in [-0.3, -0.25) is 4.79 Å². The summed E-state index contributed by atoms with van der Waals surface area (Å²) in [4.78, 5) is 18.8. The van der Waals surface area contributed by atoms with E-state index in [1.807, 2.05) is 6.92 Å². The summed E-state index contributed by atoms with van der Waals surface area (Å²) in [6.45, 7) is 5.16. The number of ether oxygens (including phenoxy) is 1. The molecular formula is C14H20N2O2. The Balaban J connectivity index is 2.22. The standard InChI is InChI=1S/C14H20N2O2/c1-3-18-9-13-15-12(8-14(17)16-13)11-6-4-10(2)5-7-11/h6,8,10H,3-5,7,9H2,1-2H3,(H,15,16,17). The van der Waals surface area contributed by atoms with Gasteiger partial charge in [-0.15, -0.1) is 0 Å². The average molecular weight is 248 g/mol. The predicted octanol–water partition coefficient (Wildman–Crippen LogP) is 2.51. The van der Waals surface area contributed by atoms with E-state index in [2.05, 4.69) is 23.0 Å². The molecule has 1 aliphatic rings. The molecule has 0 bridgehead atoms. The van der Waals surface area contributed by atoms with Crippen LogP contribution >= 0.6 is 0 Å². The van der Waals surface area contributed by atoms with Crippen LogP contribution in [0.5, 0.6) is 0 Å². The minimum atomic E-state index is -0.103. The zero-order valence-electron chi connectivity index (χ0n) is 11.0. The lowest BCUT2D eigenvalue weighted by Gasteiger charge is -2.17. The molecule has 0 aliphatic heterocycles. The Hall–Kier alpha value is -1.42. The molecular weight excluding hydrogens is 228 g/mol. The Bertz CT molecular complexity index is 491. The van der Waals surface area contributed by atoms with E-state index in [0.29, 0.717) is 19.0 Å². The van der Waals surface area contributed by atoms with Gasteiger partial charge in [0.2, 0.25) is 0 Å². The number of H-pyrrole nitrogens is 1. The molecule has 0 aromatic carbocycles. The largest absolute Gasteiger partial charge is 0.374 e. The Labute approximate surface area is 107 Å². The van der Waals surface area contributed by atoms with Crippen LogP contribution in [0.25, 0.3) is 5.57 Å². The summed E-state index contributed by atoms with van der Waals surface area (Å²) in [6, 6.07) is 1.58. The van der Waals surface area contributed by atoms with Gasteiger partial charge in [-0.05, 0) is 37.7 Å². The van der Waals surface area contributed by atoms with Crippen LogP contribution in [-0.2, 0) is 11.3 Å². The number of aromatic amines is 1. The van der Waals surface area contributed by atoms with E-state index < -0.39 is 0 Å². The van der Waals surface area contributed by atoms with E-state index in [0.717, 1.165) is 24.5 Å². The molecule has 0 spiro atoms. The summed E-state index contributed by atoms with van der Waals surface area (Å²) in [5.74, 6) is 1.34. The molecule has 4 nitrogen and oxygen atoms in total. The van der Waals surface area contributed by atoms with Crippen molar-refractivity contribution in [2.45, 2.75) is 39.7 Å². The lowest BCUT2D eigenvalue weighted by molar-refractivity contribution is 0.128. The Morgan fingerprint density at radius 3 is 3.06 bits per heavy atom. The first kappa shape index (κ1) is 13.0. The summed E-state index contributed by atoms with van der Waals surface area (Å²) in [5.41, 5.74) is 1.89. The first-order valence-corrected chi connectivity index (χ1v) is 6.56. The van der Waals surface area contributed by atoms with Crippen molar-refractivity contribution >= 4 is 5.57 Å². The van der Waals surface area contributed by atoms with E-state index in [-0.39, 0.29) is 5.56 Å². The van der Waals surface area contributed by atoms with E-state index >= 15 is 0 Å². The maximum atomic E-state index is 11.6. The molecule has 1 aromatic heterocycles. The maximum absolute atomic E-state index is 11.6. The number of aromatic nitrogens is 2. The van der Waals surface area contributed by atoms with Gasteiger partial charge in [-0.1, -0.05) is 13.0 Å². The fourth-order valence-corrected chi connectivity index (χ4v) is 2.14. The van der Waals surface area contributed by atoms with Crippen LogP contribution in [0.2, 0.25) is 0 Å². The van der Waals surface area contributed by atoms with Gasteiger partial charge in [0, 0.05) is 12.7 Å². The van der Waals surface area contributed by atoms with Crippen molar-refractivity contribution in [2.75, 3.05) is 6.61 Å². The monoisotopic (exact) mass is 248 g/mol. The van der Waals surface area contributed by atoms with Crippen molar-refractivity contribution in [2.24, 2.45) is 5.92 Å². The molecule has 0 fully saturated rings. The van der Waals surface area contributed by atoms with Crippen molar-refractivity contribution in [1.82, 2.24) is 9.97 Å². The molecule has 0 amide bonds. The first-order valence-electron chi connectivity index (χ1n) is 6.56. The second-order valence-electron chi connectivity index (χ2n) is 4.82. The van der Waals surface area contributed by atoms with Crippen LogP contribution in [0, 0.1) is 5.92 Å². The predicted molar refractivity (Wildman–Crippen MR) is 71.2 cm³/mol. The Morgan fingerprint density at radius 2 is 2.39 bits per heavy atom. The van der Waals surface area contributed by atoms with Gasteiger partial charge >= 0.3 is 0 Å². The third kappa shape index (κ3) is 3.29. The molecule has 4 heteroatoms. The van der Waals surface area contributed by atoms with Crippen LogP contribution in [-0.4, -0.2) is 16.6 Å². The molecule has 1 atom stereocenters. The molecule has 1 N–H and O–H groups in total. The summed E-state index contributed by atoms with van der Waals surface area (Å²) in [6.07, 6.45) is 5.46. The second-order valence-corrected chi connectivity index (χ2v) is 4.82. The molecule has 2 rings (SSSR count). The number of allylic oxidation sites excluding steroid dienone is 2. The fraction of sp³-hybridized carbons (Fsp3) is 0.571. The lowest BCUT2D eigenvalue weighted by atomic mass is 9.89. The molecule has 1 unspecified atom stereocenters. The SMILES string of the molecule is CCOCc1nc(C2=CCC(C)CC2)cc(=O)[nH]1. The van der Waals surface area contributed by atoms with Gasteiger partial charge in [0.25, 0.3) is 5.56 Å². The zero-order valence-corrected chi connectivity index (χ0v) is 11.0. The zero-order chi connectivity index (χ0) is 13.0. The van der Waals surface area contributed by atoms with Gasteiger partial charge in [0.05, 0.1) is 5.69 Å². The van der Waals surface area contributed by atoms with Gasteiger partial charge in [-0.2, -0.15) is 0 Å². The molecule has 0 saturated carbocycles. The highest BCUT2D eigenvalue weighted by molar-refractivity contribution is 5.62. The smallest absolute Gasteiger partial charge is 0.251 e. The van der Waals surface area contributed by atoms with Gasteiger partial charge in [-0.25, -0.2) is 4.98 Å². The summed E-state index contributed by atoms with van der Waals surface area (Å²) >= 11 is 0. The van der Waals surface area contributed by atoms with Gasteiger partial charge < -0.3 is 9.72 Å². The Morgan fingerprint density at radius 1 is 1.56 bits per heavy atom. The Kier molecular flexibility index (Phi) is 4.31. The van der Waals surface area contributed by atoms with Crippen molar-refractivity contribution in [1.29, 1.82) is 0 Å². The van der Waals surface area contributed by atoms with Crippen LogP contribution in [0.4, 0.5) is 0 Å². The molecule has 1 aliphatic carbocycles. The average Bonchev–Trinajstić information content (AvgIpc) is 2.36. The van der Waals surface area contributed by atoms with Gasteiger partial charge in [0.15, 0.2) is 0 Å². The molecule has 0 saturated heterocycles. The van der Waals surface area contributed by atoms with E-state index in [1.54, 1.807) is 6.07 Å². The first-order chi connectivity index (χ1) is 8.69. The summed E-state index contributed by atoms with van der Waals surface area (Å²) in [5, 5.41) is 0. The van der Waals surface area contributed by atoms with Crippen LogP contribution in [0.3, 0.4) is 0 Å². The molecule has 18 heavy (non-hydrogen) atoms. The summed E-state index contributed by atoms with van der Waals surface area (Å²) < 4.78 is 5.28. The minimum Gasteiger partial charge on any atom is -0.374 e. The van der Waals surface area contributed by atoms with Gasteiger partial charge in [0.1, 0.15) is 12.4 Å². The normalized spacial score (nSPS) is 19.7. The number of hydrogen-bond acceptors (Lipinski definition) is 3. The maximum Gasteiger partial charge on any atom is 0.251 e. The second kappa shape index (κ2) is 5.96. The molecule has 1 heterocycles. The number of nitrogens with zero attached hydrogens (tertiary/aromatic N) is 1. The number of hydrogen-bond donors (Lipinski definition) is 1. The quantitative estimate of drug-likeness (QED) is 0.890. The number of rotatable bonds is 4. The topological polar surface area (TPSA) is 55.0 Å². The van der Waals surface area contributed by atoms with E-state index in [4.69, 9.17) is 4.74 Å².